The van der Waals surface area contributed by atoms with Crippen LogP contribution in [-0.4, -0.2) is 74.9 Å². The number of para-hydroxylation sites is 1. The van der Waals surface area contributed by atoms with Crippen LogP contribution in [0.25, 0.3) is 16.9 Å². The lowest BCUT2D eigenvalue weighted by molar-refractivity contribution is -0.135. The molecule has 184 valence electrons. The van der Waals surface area contributed by atoms with Crippen LogP contribution >= 0.6 is 0 Å². The monoisotopic (exact) mass is 477 g/mol. The van der Waals surface area contributed by atoms with E-state index in [0.717, 1.165) is 19.4 Å². The van der Waals surface area contributed by atoms with Crippen LogP contribution < -0.4 is 5.56 Å². The minimum atomic E-state index is -0.255. The lowest BCUT2D eigenvalue weighted by Gasteiger charge is -2.35. The number of aromatic nitrogens is 3. The van der Waals surface area contributed by atoms with Gasteiger partial charge in [0.2, 0.25) is 5.91 Å². The minimum absolute atomic E-state index is 0.0604. The summed E-state index contributed by atoms with van der Waals surface area (Å²) in [5.41, 5.74) is 1.60. The average molecular weight is 478 g/mol. The van der Waals surface area contributed by atoms with Crippen LogP contribution in [0.1, 0.15) is 37.0 Å². The lowest BCUT2D eigenvalue weighted by atomic mass is 10.1. The Morgan fingerprint density at radius 2 is 1.77 bits per heavy atom. The highest BCUT2D eigenvalue weighted by Crippen LogP contribution is 2.25. The van der Waals surface area contributed by atoms with Gasteiger partial charge in [-0.3, -0.25) is 14.4 Å². The third-order valence-electron chi connectivity index (χ3n) is 6.76. The third kappa shape index (κ3) is 4.60. The molecule has 1 aromatic carbocycles. The van der Waals surface area contributed by atoms with Crippen LogP contribution in [0.2, 0.25) is 0 Å². The molecule has 35 heavy (non-hydrogen) atoms. The third-order valence-corrected chi connectivity index (χ3v) is 6.76. The minimum Gasteiger partial charge on any atom is -0.376 e. The van der Waals surface area contributed by atoms with Crippen molar-refractivity contribution in [2.75, 3.05) is 32.8 Å². The van der Waals surface area contributed by atoms with E-state index in [1.807, 2.05) is 53.6 Å². The molecule has 0 N–H and O–H groups in total. The second kappa shape index (κ2) is 9.65. The maximum Gasteiger partial charge on any atom is 0.282 e. The summed E-state index contributed by atoms with van der Waals surface area (Å²) in [6, 6.07) is 9.22. The molecule has 2 fully saturated rings. The van der Waals surface area contributed by atoms with Crippen molar-refractivity contribution in [3.05, 3.63) is 58.6 Å². The number of benzene rings is 1. The number of ether oxygens (including phenoxy) is 1. The second-order valence-electron chi connectivity index (χ2n) is 9.59. The normalized spacial score (nSPS) is 18.5. The zero-order valence-corrected chi connectivity index (χ0v) is 20.2. The van der Waals surface area contributed by atoms with Gasteiger partial charge in [0.25, 0.3) is 11.5 Å². The van der Waals surface area contributed by atoms with Crippen LogP contribution in [0.4, 0.5) is 0 Å². The van der Waals surface area contributed by atoms with Crippen LogP contribution in [0.5, 0.6) is 0 Å². The highest BCUT2D eigenvalue weighted by Gasteiger charge is 2.31. The van der Waals surface area contributed by atoms with E-state index in [1.54, 1.807) is 17.3 Å². The van der Waals surface area contributed by atoms with Gasteiger partial charge in [0, 0.05) is 57.6 Å². The molecule has 5 rings (SSSR count). The molecule has 9 nitrogen and oxygen atoms in total. The molecule has 0 spiro atoms. The lowest BCUT2D eigenvalue weighted by Crippen LogP contribution is -2.51. The standard InChI is InChI=1S/C26H31N5O4/c1-18(2)24(32)29-10-12-30(13-11-29)25(33)21-16-28(15-20-9-6-14-35-20)17-22-23(21)27-31(26(22)34)19-7-4-3-5-8-19/h3-5,7-8,16-18,20H,6,9-15H2,1-2H3/t20-/m1/s1. The molecular weight excluding hydrogens is 446 g/mol. The van der Waals surface area contributed by atoms with E-state index in [-0.39, 0.29) is 29.4 Å². The Morgan fingerprint density at radius 3 is 2.43 bits per heavy atom. The Hall–Kier alpha value is -3.46. The van der Waals surface area contributed by atoms with Crippen molar-refractivity contribution in [3.63, 3.8) is 0 Å². The van der Waals surface area contributed by atoms with Crippen molar-refractivity contribution >= 4 is 11.8 Å². The Bertz CT molecular complexity index is 1230. The summed E-state index contributed by atoms with van der Waals surface area (Å²) in [5, 5.41) is 4.59. The first kappa shape index (κ1) is 23.3. The van der Waals surface area contributed by atoms with Crippen molar-refractivity contribution in [1.29, 1.82) is 0 Å². The highest BCUT2D eigenvalue weighted by molar-refractivity contribution is 6.00. The smallest absolute Gasteiger partial charge is 0.282 e. The molecule has 4 aliphatic rings. The molecule has 0 aromatic heterocycles. The van der Waals surface area contributed by atoms with Gasteiger partial charge in [-0.1, -0.05) is 32.0 Å². The van der Waals surface area contributed by atoms with Crippen molar-refractivity contribution < 1.29 is 14.3 Å². The number of rotatable bonds is 5. The quantitative estimate of drug-likeness (QED) is 0.562. The number of amides is 2. The molecular formula is C26H31N5O4. The van der Waals surface area contributed by atoms with Gasteiger partial charge in [0.1, 0.15) is 5.69 Å². The number of hydrogen-bond donors (Lipinski definition) is 0. The fourth-order valence-corrected chi connectivity index (χ4v) is 4.86. The van der Waals surface area contributed by atoms with Crippen molar-refractivity contribution in [2.45, 2.75) is 39.3 Å². The van der Waals surface area contributed by atoms with Crippen molar-refractivity contribution in [2.24, 2.45) is 5.92 Å². The zero-order valence-electron chi connectivity index (χ0n) is 20.2. The highest BCUT2D eigenvalue weighted by atomic mass is 16.5. The predicted octanol–water partition coefficient (Wildman–Crippen LogP) is 2.26. The Morgan fingerprint density at radius 1 is 1.06 bits per heavy atom. The fraction of sp³-hybridized carbons (Fsp3) is 0.462. The predicted molar refractivity (Wildman–Crippen MR) is 131 cm³/mol. The SMILES string of the molecule is CC(C)C(=O)N1CCN(C(=O)c2cn(C[C@H]3CCCO3)cc3c(=O)n(-c4ccccc4)nc2-3)CC1. The zero-order chi connectivity index (χ0) is 24.5. The number of carbonyl (C=O) groups excluding carboxylic acids is 2. The maximum atomic E-state index is 13.7. The van der Waals surface area contributed by atoms with Crippen molar-refractivity contribution in [1.82, 2.24) is 24.1 Å². The number of carbonyl (C=O) groups is 2. The van der Waals surface area contributed by atoms with Crippen LogP contribution in [-0.2, 0) is 16.1 Å². The van der Waals surface area contributed by atoms with E-state index in [9.17, 15) is 14.4 Å². The van der Waals surface area contributed by atoms with Gasteiger partial charge in [0.05, 0.1) is 22.9 Å². The van der Waals surface area contributed by atoms with E-state index in [2.05, 4.69) is 5.10 Å². The van der Waals surface area contributed by atoms with Gasteiger partial charge in [-0.15, -0.1) is 0 Å². The molecule has 4 heterocycles. The molecule has 1 atom stereocenters. The second-order valence-corrected chi connectivity index (χ2v) is 9.59. The van der Waals surface area contributed by atoms with E-state index in [1.165, 1.54) is 4.68 Å². The molecule has 0 unspecified atom stereocenters. The Kier molecular flexibility index (Phi) is 6.42. The molecule has 0 radical (unpaired) electrons. The molecule has 0 aliphatic carbocycles. The molecule has 0 saturated carbocycles. The first-order valence-corrected chi connectivity index (χ1v) is 12.3. The molecule has 1 aromatic rings. The van der Waals surface area contributed by atoms with E-state index >= 15 is 0 Å². The number of piperazine rings is 1. The van der Waals surface area contributed by atoms with Gasteiger partial charge in [-0.2, -0.15) is 9.78 Å². The van der Waals surface area contributed by atoms with Gasteiger partial charge >= 0.3 is 0 Å². The summed E-state index contributed by atoms with van der Waals surface area (Å²) in [6.07, 6.45) is 5.59. The first-order chi connectivity index (χ1) is 16.9. The van der Waals surface area contributed by atoms with Crippen molar-refractivity contribution in [3.8, 4) is 16.9 Å². The molecule has 0 bridgehead atoms. The molecule has 9 heteroatoms. The van der Waals surface area contributed by atoms with Gasteiger partial charge in [-0.05, 0) is 25.0 Å². The number of pyridine rings is 1. The number of fused-ring (bicyclic) bond motifs is 1. The maximum absolute atomic E-state index is 13.7. The van der Waals surface area contributed by atoms with E-state index < -0.39 is 0 Å². The Balaban J connectivity index is 1.49. The van der Waals surface area contributed by atoms with Crippen LogP contribution in [0, 0.1) is 5.92 Å². The number of hydrogen-bond acceptors (Lipinski definition) is 5. The van der Waals surface area contributed by atoms with Gasteiger partial charge < -0.3 is 19.1 Å². The van der Waals surface area contributed by atoms with Crippen LogP contribution in [0.3, 0.4) is 0 Å². The summed E-state index contributed by atoms with van der Waals surface area (Å²) >= 11 is 0. The summed E-state index contributed by atoms with van der Waals surface area (Å²) < 4.78 is 9.04. The Labute approximate surface area is 204 Å². The summed E-state index contributed by atoms with van der Waals surface area (Å²) in [4.78, 5) is 43.0. The summed E-state index contributed by atoms with van der Waals surface area (Å²) in [7, 11) is 0. The first-order valence-electron chi connectivity index (χ1n) is 12.3. The van der Waals surface area contributed by atoms with E-state index in [0.29, 0.717) is 55.2 Å². The molecule has 2 saturated heterocycles. The fourth-order valence-electron chi connectivity index (χ4n) is 4.86. The van der Waals surface area contributed by atoms with Crippen LogP contribution in [0.15, 0.2) is 47.5 Å². The largest absolute Gasteiger partial charge is 0.376 e. The summed E-state index contributed by atoms with van der Waals surface area (Å²) in [6.45, 7) is 6.97. The number of nitrogens with zero attached hydrogens (tertiary/aromatic N) is 5. The molecule has 2 amide bonds. The van der Waals surface area contributed by atoms with Gasteiger partial charge in [-0.25, -0.2) is 0 Å². The summed E-state index contributed by atoms with van der Waals surface area (Å²) in [5.74, 6) is -0.141. The topological polar surface area (TPSA) is 89.7 Å². The molecule has 4 aliphatic heterocycles. The average Bonchev–Trinajstić information content (AvgIpc) is 3.51. The van der Waals surface area contributed by atoms with E-state index in [4.69, 9.17) is 4.74 Å². The van der Waals surface area contributed by atoms with Gasteiger partial charge in [0.15, 0.2) is 0 Å².